The highest BCUT2D eigenvalue weighted by Crippen LogP contribution is 2.18. The van der Waals surface area contributed by atoms with E-state index in [0.29, 0.717) is 0 Å². The molecule has 0 spiro atoms. The van der Waals surface area contributed by atoms with Crippen LogP contribution in [0.15, 0.2) is 24.3 Å². The second-order valence-corrected chi connectivity index (χ2v) is 4.56. The lowest BCUT2D eigenvalue weighted by Gasteiger charge is -2.29. The van der Waals surface area contributed by atoms with Gasteiger partial charge in [-0.25, -0.2) is 4.79 Å². The predicted octanol–water partition coefficient (Wildman–Crippen LogP) is 1.95. The van der Waals surface area contributed by atoms with Gasteiger partial charge in [0.05, 0.1) is 0 Å². The first kappa shape index (κ1) is 12.3. The summed E-state index contributed by atoms with van der Waals surface area (Å²) >= 11 is 2.21. The first-order valence-corrected chi connectivity index (χ1v) is 5.52. The largest absolute Gasteiger partial charge is 0.465 e. The van der Waals surface area contributed by atoms with Gasteiger partial charge in [-0.05, 0) is 54.3 Å². The standard InChI is InChI=1S/C10H13IN2O2/c1-10(12-2,13-9(14)15)7-3-5-8(11)6-4-7/h3-6,12-13H,1-2H3,(H,14,15). The summed E-state index contributed by atoms with van der Waals surface area (Å²) in [6.45, 7) is 1.78. The third-order valence-corrected chi connectivity index (χ3v) is 3.00. The molecular weight excluding hydrogens is 307 g/mol. The van der Waals surface area contributed by atoms with Crippen LogP contribution < -0.4 is 10.6 Å². The average Bonchev–Trinajstić information content (AvgIpc) is 2.17. The van der Waals surface area contributed by atoms with Crippen molar-refractivity contribution in [3.8, 4) is 0 Å². The number of hydrogen-bond donors (Lipinski definition) is 3. The van der Waals surface area contributed by atoms with E-state index in [1.165, 1.54) is 0 Å². The molecule has 3 N–H and O–H groups in total. The first-order chi connectivity index (χ1) is 6.98. The maximum atomic E-state index is 10.7. The highest BCUT2D eigenvalue weighted by Gasteiger charge is 2.25. The van der Waals surface area contributed by atoms with Crippen LogP contribution in [0.1, 0.15) is 12.5 Å². The molecule has 1 atom stereocenters. The van der Waals surface area contributed by atoms with Crippen molar-refractivity contribution in [3.63, 3.8) is 0 Å². The fraction of sp³-hybridized carbons (Fsp3) is 0.300. The Morgan fingerprint density at radius 2 is 1.93 bits per heavy atom. The molecule has 1 aromatic rings. The molecule has 4 nitrogen and oxygen atoms in total. The van der Waals surface area contributed by atoms with Gasteiger partial charge in [0.25, 0.3) is 0 Å². The van der Waals surface area contributed by atoms with Crippen LogP contribution in [0.25, 0.3) is 0 Å². The van der Waals surface area contributed by atoms with Crippen LogP contribution in [0.4, 0.5) is 4.79 Å². The van der Waals surface area contributed by atoms with Crippen molar-refractivity contribution in [1.29, 1.82) is 0 Å². The summed E-state index contributed by atoms with van der Waals surface area (Å²) in [6, 6.07) is 7.67. The number of nitrogens with one attached hydrogen (secondary N) is 2. The molecule has 1 amide bonds. The quantitative estimate of drug-likeness (QED) is 0.589. The lowest BCUT2D eigenvalue weighted by molar-refractivity contribution is 0.174. The summed E-state index contributed by atoms with van der Waals surface area (Å²) in [5, 5.41) is 14.1. The molecule has 1 rings (SSSR count). The SMILES string of the molecule is CNC(C)(NC(=O)O)c1ccc(I)cc1. The first-order valence-electron chi connectivity index (χ1n) is 4.44. The second-order valence-electron chi connectivity index (χ2n) is 3.31. The Morgan fingerprint density at radius 3 is 2.33 bits per heavy atom. The van der Waals surface area contributed by atoms with Gasteiger partial charge in [0, 0.05) is 3.57 Å². The van der Waals surface area contributed by atoms with Gasteiger partial charge < -0.3 is 5.11 Å². The normalized spacial score (nSPS) is 14.3. The zero-order valence-electron chi connectivity index (χ0n) is 8.54. The minimum Gasteiger partial charge on any atom is -0.465 e. The molecule has 82 valence electrons. The van der Waals surface area contributed by atoms with Gasteiger partial charge in [-0.1, -0.05) is 12.1 Å². The van der Waals surface area contributed by atoms with Crippen molar-refractivity contribution in [1.82, 2.24) is 10.6 Å². The molecule has 0 bridgehead atoms. The second kappa shape index (κ2) is 4.80. The fourth-order valence-electron chi connectivity index (χ4n) is 1.28. The van der Waals surface area contributed by atoms with Gasteiger partial charge >= 0.3 is 6.09 Å². The van der Waals surface area contributed by atoms with Crippen molar-refractivity contribution >= 4 is 28.7 Å². The zero-order chi connectivity index (χ0) is 11.5. The van der Waals surface area contributed by atoms with E-state index in [1.807, 2.05) is 24.3 Å². The molecule has 0 aliphatic heterocycles. The summed E-state index contributed by atoms with van der Waals surface area (Å²) in [5.41, 5.74) is 0.128. The van der Waals surface area contributed by atoms with Crippen LogP contribution in [0.3, 0.4) is 0 Å². The van der Waals surface area contributed by atoms with Gasteiger partial charge in [-0.15, -0.1) is 0 Å². The van der Waals surface area contributed by atoms with Crippen LogP contribution in [-0.2, 0) is 5.66 Å². The van der Waals surface area contributed by atoms with Crippen molar-refractivity contribution in [3.05, 3.63) is 33.4 Å². The van der Waals surface area contributed by atoms with Crippen LogP contribution in [0.2, 0.25) is 0 Å². The Morgan fingerprint density at radius 1 is 1.40 bits per heavy atom. The highest BCUT2D eigenvalue weighted by atomic mass is 127. The topological polar surface area (TPSA) is 61.4 Å². The number of halogens is 1. The molecule has 0 fully saturated rings. The van der Waals surface area contributed by atoms with E-state index in [2.05, 4.69) is 33.2 Å². The molecule has 0 radical (unpaired) electrons. The molecule has 5 heteroatoms. The van der Waals surface area contributed by atoms with Crippen LogP contribution in [-0.4, -0.2) is 18.2 Å². The monoisotopic (exact) mass is 320 g/mol. The maximum absolute atomic E-state index is 10.7. The van der Waals surface area contributed by atoms with Gasteiger partial charge in [0.1, 0.15) is 5.66 Å². The molecule has 0 saturated carbocycles. The van der Waals surface area contributed by atoms with Gasteiger partial charge in [-0.3, -0.25) is 10.6 Å². The lowest BCUT2D eigenvalue weighted by atomic mass is 10.0. The molecule has 0 aliphatic rings. The summed E-state index contributed by atoms with van der Waals surface area (Å²) in [4.78, 5) is 10.7. The smallest absolute Gasteiger partial charge is 0.406 e. The van der Waals surface area contributed by atoms with Gasteiger partial charge in [0.15, 0.2) is 0 Å². The van der Waals surface area contributed by atoms with E-state index in [-0.39, 0.29) is 0 Å². The van der Waals surface area contributed by atoms with Crippen molar-refractivity contribution in [2.45, 2.75) is 12.6 Å². The number of amides is 1. The summed E-state index contributed by atoms with van der Waals surface area (Å²) in [7, 11) is 1.72. The Hall–Kier alpha value is -0.820. The number of hydrogen-bond acceptors (Lipinski definition) is 2. The van der Waals surface area contributed by atoms with E-state index < -0.39 is 11.8 Å². The Bertz CT molecular complexity index is 353. The number of carboxylic acid groups (broad SMARTS) is 1. The van der Waals surface area contributed by atoms with E-state index in [0.717, 1.165) is 9.13 Å². The van der Waals surface area contributed by atoms with Crippen LogP contribution in [0.5, 0.6) is 0 Å². The maximum Gasteiger partial charge on any atom is 0.406 e. The minimum absolute atomic E-state index is 0.754. The number of rotatable bonds is 3. The highest BCUT2D eigenvalue weighted by molar-refractivity contribution is 14.1. The molecule has 0 aromatic heterocycles. The third kappa shape index (κ3) is 3.07. The third-order valence-electron chi connectivity index (χ3n) is 2.28. The average molecular weight is 320 g/mol. The van der Waals surface area contributed by atoms with E-state index >= 15 is 0 Å². The van der Waals surface area contributed by atoms with Gasteiger partial charge in [0.2, 0.25) is 0 Å². The Kier molecular flexibility index (Phi) is 3.92. The predicted molar refractivity (Wildman–Crippen MR) is 66.7 cm³/mol. The van der Waals surface area contributed by atoms with E-state index in [1.54, 1.807) is 14.0 Å². The zero-order valence-corrected chi connectivity index (χ0v) is 10.7. The molecule has 15 heavy (non-hydrogen) atoms. The summed E-state index contributed by atoms with van der Waals surface area (Å²) < 4.78 is 1.12. The van der Waals surface area contributed by atoms with E-state index in [4.69, 9.17) is 5.11 Å². The van der Waals surface area contributed by atoms with Crippen LogP contribution in [0, 0.1) is 3.57 Å². The van der Waals surface area contributed by atoms with Gasteiger partial charge in [-0.2, -0.15) is 0 Å². The van der Waals surface area contributed by atoms with Crippen molar-refractivity contribution in [2.24, 2.45) is 0 Å². The molecular formula is C10H13IN2O2. The fourth-order valence-corrected chi connectivity index (χ4v) is 1.64. The lowest BCUT2D eigenvalue weighted by Crippen LogP contribution is -2.52. The number of carbonyl (C=O) groups is 1. The molecule has 0 heterocycles. The Labute approximate surface area is 102 Å². The minimum atomic E-state index is -1.05. The van der Waals surface area contributed by atoms with Crippen molar-refractivity contribution < 1.29 is 9.90 Å². The molecule has 1 unspecified atom stereocenters. The summed E-state index contributed by atoms with van der Waals surface area (Å²) in [5.74, 6) is 0. The number of benzene rings is 1. The van der Waals surface area contributed by atoms with Crippen molar-refractivity contribution in [2.75, 3.05) is 7.05 Å². The summed E-state index contributed by atoms with van der Waals surface area (Å²) in [6.07, 6.45) is -1.05. The molecule has 0 saturated heterocycles. The molecule has 1 aromatic carbocycles. The van der Waals surface area contributed by atoms with E-state index in [9.17, 15) is 4.79 Å². The molecule has 0 aliphatic carbocycles. The van der Waals surface area contributed by atoms with Crippen LogP contribution >= 0.6 is 22.6 Å². The Balaban J connectivity index is 3.00.